The number of amides is 1. The molecule has 1 heterocycles. The summed E-state index contributed by atoms with van der Waals surface area (Å²) in [5, 5.41) is 10.8. The van der Waals surface area contributed by atoms with Crippen molar-refractivity contribution in [3.05, 3.63) is 29.1 Å². The summed E-state index contributed by atoms with van der Waals surface area (Å²) in [6.07, 6.45) is -3.66. The Morgan fingerprint density at radius 3 is 2.43 bits per heavy atom. The van der Waals surface area contributed by atoms with Gasteiger partial charge in [-0.1, -0.05) is 0 Å². The van der Waals surface area contributed by atoms with Crippen molar-refractivity contribution in [3.8, 4) is 0 Å². The molecule has 0 radical (unpaired) electrons. The number of aromatic nitrogens is 1. The fourth-order valence-corrected chi connectivity index (χ4v) is 2.03. The number of nitrogens with one attached hydrogen (secondary N) is 1. The van der Waals surface area contributed by atoms with Gasteiger partial charge in [0.05, 0.1) is 11.3 Å². The Hall–Kier alpha value is -2.12. The molecule has 0 spiro atoms. The predicted molar refractivity (Wildman–Crippen MR) is 66.0 cm³/mol. The van der Waals surface area contributed by atoms with Crippen molar-refractivity contribution in [2.24, 2.45) is 5.92 Å². The zero-order valence-corrected chi connectivity index (χ0v) is 11.1. The molecule has 1 aliphatic carbocycles. The number of nitrogens with zero attached hydrogens (tertiary/aromatic N) is 1. The minimum absolute atomic E-state index is 0.0742. The van der Waals surface area contributed by atoms with Gasteiger partial charge in [0.1, 0.15) is 11.7 Å². The summed E-state index contributed by atoms with van der Waals surface area (Å²) >= 11 is 0. The van der Waals surface area contributed by atoms with Gasteiger partial charge in [0.15, 0.2) is 0 Å². The number of carbonyl (C=O) groups excluding carboxylic acids is 1. The van der Waals surface area contributed by atoms with Gasteiger partial charge in [-0.25, -0.2) is 9.78 Å². The summed E-state index contributed by atoms with van der Waals surface area (Å²) < 4.78 is 38.5. The number of hydrogen-bond donors (Lipinski definition) is 2. The lowest BCUT2D eigenvalue weighted by Crippen LogP contribution is -2.47. The van der Waals surface area contributed by atoms with E-state index in [4.69, 9.17) is 5.11 Å². The van der Waals surface area contributed by atoms with Gasteiger partial charge in [0.25, 0.3) is 5.91 Å². The van der Waals surface area contributed by atoms with E-state index in [1.54, 1.807) is 0 Å². The maximum Gasteiger partial charge on any atom is 0.408 e. The highest BCUT2D eigenvalue weighted by molar-refractivity contribution is 5.94. The van der Waals surface area contributed by atoms with Crippen LogP contribution in [0.4, 0.5) is 13.2 Å². The molecular formula is C13H13F3N2O3. The Morgan fingerprint density at radius 2 is 2.00 bits per heavy atom. The van der Waals surface area contributed by atoms with E-state index in [9.17, 15) is 22.8 Å². The second-order valence-corrected chi connectivity index (χ2v) is 4.96. The molecule has 1 amide bonds. The van der Waals surface area contributed by atoms with Crippen LogP contribution in [0.15, 0.2) is 12.1 Å². The van der Waals surface area contributed by atoms with Crippen LogP contribution in [0, 0.1) is 12.8 Å². The first-order chi connectivity index (χ1) is 9.70. The number of aromatic carboxylic acids is 1. The van der Waals surface area contributed by atoms with E-state index < -0.39 is 30.0 Å². The van der Waals surface area contributed by atoms with E-state index in [1.165, 1.54) is 6.92 Å². The highest BCUT2D eigenvalue weighted by atomic mass is 19.4. The van der Waals surface area contributed by atoms with Gasteiger partial charge in [-0.05, 0) is 37.8 Å². The van der Waals surface area contributed by atoms with Crippen LogP contribution in [0.5, 0.6) is 0 Å². The number of carboxylic acids is 1. The first-order valence-electron chi connectivity index (χ1n) is 6.28. The van der Waals surface area contributed by atoms with Gasteiger partial charge in [0, 0.05) is 0 Å². The quantitative estimate of drug-likeness (QED) is 0.893. The van der Waals surface area contributed by atoms with Crippen LogP contribution in [0.25, 0.3) is 0 Å². The van der Waals surface area contributed by atoms with E-state index in [1.807, 2.05) is 5.32 Å². The summed E-state index contributed by atoms with van der Waals surface area (Å²) in [6, 6.07) is 0.372. The van der Waals surface area contributed by atoms with Gasteiger partial charge >= 0.3 is 12.1 Å². The number of rotatable bonds is 4. The molecule has 1 aliphatic rings. The fourth-order valence-electron chi connectivity index (χ4n) is 2.03. The Balaban J connectivity index is 2.16. The Morgan fingerprint density at radius 1 is 1.38 bits per heavy atom. The molecule has 0 saturated heterocycles. The Labute approximate surface area is 118 Å². The zero-order valence-electron chi connectivity index (χ0n) is 11.1. The summed E-state index contributed by atoms with van der Waals surface area (Å²) in [7, 11) is 0. The van der Waals surface area contributed by atoms with Crippen molar-refractivity contribution in [1.29, 1.82) is 0 Å². The van der Waals surface area contributed by atoms with Crippen LogP contribution in [-0.2, 0) is 0 Å². The predicted octanol–water partition coefficient (Wildman–Crippen LogP) is 2.16. The molecule has 2 rings (SSSR count). The first kappa shape index (κ1) is 15.3. The van der Waals surface area contributed by atoms with E-state index in [0.29, 0.717) is 12.8 Å². The van der Waals surface area contributed by atoms with Crippen LogP contribution < -0.4 is 5.32 Å². The molecule has 1 atom stereocenters. The average molecular weight is 302 g/mol. The lowest BCUT2D eigenvalue weighted by molar-refractivity contribution is -0.158. The second-order valence-electron chi connectivity index (χ2n) is 4.96. The first-order valence-corrected chi connectivity index (χ1v) is 6.28. The van der Waals surface area contributed by atoms with Crippen molar-refractivity contribution in [3.63, 3.8) is 0 Å². The third-order valence-corrected chi connectivity index (χ3v) is 3.28. The molecule has 1 unspecified atom stereocenters. The molecule has 2 N–H and O–H groups in total. The molecule has 0 bridgehead atoms. The number of carbonyl (C=O) groups is 2. The summed E-state index contributed by atoms with van der Waals surface area (Å²) in [5.41, 5.74) is -0.251. The Kier molecular flexibility index (Phi) is 3.89. The lowest BCUT2D eigenvalue weighted by Gasteiger charge is -2.21. The standard InChI is InChI=1S/C13H13F3N2O3/c1-6-8(12(20)21)4-5-9(17-6)11(19)18-10(7-2-3-7)13(14,15)16/h4-5,7,10H,2-3H2,1H3,(H,18,19)(H,20,21). The van der Waals surface area contributed by atoms with Gasteiger partial charge in [-0.3, -0.25) is 4.79 Å². The highest BCUT2D eigenvalue weighted by Gasteiger charge is 2.49. The monoisotopic (exact) mass is 302 g/mol. The smallest absolute Gasteiger partial charge is 0.408 e. The maximum absolute atomic E-state index is 12.8. The van der Waals surface area contributed by atoms with Gasteiger partial charge < -0.3 is 10.4 Å². The van der Waals surface area contributed by atoms with Gasteiger partial charge in [-0.2, -0.15) is 13.2 Å². The van der Waals surface area contributed by atoms with E-state index in [-0.39, 0.29) is 17.0 Å². The minimum Gasteiger partial charge on any atom is -0.478 e. The molecule has 1 fully saturated rings. The molecule has 21 heavy (non-hydrogen) atoms. The van der Waals surface area contributed by atoms with Crippen molar-refractivity contribution >= 4 is 11.9 Å². The molecule has 0 aromatic carbocycles. The summed E-state index contributed by atoms with van der Waals surface area (Å²) in [5.74, 6) is -2.75. The molecule has 0 aliphatic heterocycles. The average Bonchev–Trinajstić information content (AvgIpc) is 3.17. The third kappa shape index (κ3) is 3.50. The van der Waals surface area contributed by atoms with Gasteiger partial charge in [0.2, 0.25) is 0 Å². The van der Waals surface area contributed by atoms with Crippen LogP contribution >= 0.6 is 0 Å². The number of aryl methyl sites for hydroxylation is 1. The largest absolute Gasteiger partial charge is 0.478 e. The number of carboxylic acid groups (broad SMARTS) is 1. The number of hydrogen-bond acceptors (Lipinski definition) is 3. The molecule has 5 nitrogen and oxygen atoms in total. The zero-order chi connectivity index (χ0) is 15.8. The molecule has 114 valence electrons. The number of halogens is 3. The van der Waals surface area contributed by atoms with E-state index >= 15 is 0 Å². The summed E-state index contributed by atoms with van der Waals surface area (Å²) in [4.78, 5) is 26.4. The van der Waals surface area contributed by atoms with E-state index in [2.05, 4.69) is 4.98 Å². The van der Waals surface area contributed by atoms with Crippen molar-refractivity contribution in [1.82, 2.24) is 10.3 Å². The van der Waals surface area contributed by atoms with E-state index in [0.717, 1.165) is 12.1 Å². The minimum atomic E-state index is -4.51. The topological polar surface area (TPSA) is 79.3 Å². The van der Waals surface area contributed by atoms with Crippen molar-refractivity contribution in [2.45, 2.75) is 32.0 Å². The van der Waals surface area contributed by atoms with Crippen LogP contribution in [0.3, 0.4) is 0 Å². The highest BCUT2D eigenvalue weighted by Crippen LogP contribution is 2.40. The number of alkyl halides is 3. The maximum atomic E-state index is 12.8. The number of pyridine rings is 1. The van der Waals surface area contributed by atoms with Crippen molar-refractivity contribution in [2.75, 3.05) is 0 Å². The SMILES string of the molecule is Cc1nc(C(=O)NC(C2CC2)C(F)(F)F)ccc1C(=O)O. The molecule has 1 aromatic heterocycles. The lowest BCUT2D eigenvalue weighted by atomic mass is 10.1. The molecular weight excluding hydrogens is 289 g/mol. The van der Waals surface area contributed by atoms with Crippen LogP contribution in [0.1, 0.15) is 39.4 Å². The summed E-state index contributed by atoms with van der Waals surface area (Å²) in [6.45, 7) is 1.38. The third-order valence-electron chi connectivity index (χ3n) is 3.28. The van der Waals surface area contributed by atoms with Crippen LogP contribution in [-0.4, -0.2) is 34.2 Å². The normalized spacial score (nSPS) is 16.4. The van der Waals surface area contributed by atoms with Gasteiger partial charge in [-0.15, -0.1) is 0 Å². The molecule has 1 saturated carbocycles. The van der Waals surface area contributed by atoms with Crippen molar-refractivity contribution < 1.29 is 27.9 Å². The second kappa shape index (κ2) is 5.34. The molecule has 1 aromatic rings. The Bertz CT molecular complexity index is 583. The molecule has 8 heteroatoms. The fraction of sp³-hybridized carbons (Fsp3) is 0.462. The van der Waals surface area contributed by atoms with Crippen LogP contribution in [0.2, 0.25) is 0 Å².